The van der Waals surface area contributed by atoms with E-state index in [1.807, 2.05) is 18.2 Å². The van der Waals surface area contributed by atoms with Crippen molar-refractivity contribution in [3.8, 4) is 5.75 Å². The molecule has 4 nitrogen and oxygen atoms in total. The lowest BCUT2D eigenvalue weighted by Gasteiger charge is -2.16. The summed E-state index contributed by atoms with van der Waals surface area (Å²) in [6.07, 6.45) is 1.38. The fraction of sp³-hybridized carbons (Fsp3) is 0.278. The third kappa shape index (κ3) is 3.18. The highest BCUT2D eigenvalue weighted by Crippen LogP contribution is 2.50. The molecule has 1 aliphatic carbocycles. The minimum atomic E-state index is -0.595. The van der Waals surface area contributed by atoms with E-state index in [-0.39, 0.29) is 18.1 Å². The number of methoxy groups -OCH3 is 1. The molecule has 0 saturated heterocycles. The van der Waals surface area contributed by atoms with Crippen LogP contribution in [0.3, 0.4) is 0 Å². The predicted molar refractivity (Wildman–Crippen MR) is 90.4 cm³/mol. The van der Waals surface area contributed by atoms with Crippen LogP contribution in [0.25, 0.3) is 0 Å². The Kier molecular flexibility index (Phi) is 4.38. The molecule has 0 heterocycles. The summed E-state index contributed by atoms with van der Waals surface area (Å²) >= 11 is 0. The minimum Gasteiger partial charge on any atom is -0.495 e. The molecule has 0 aromatic heterocycles. The van der Waals surface area contributed by atoms with E-state index in [4.69, 9.17) is 10.5 Å². The summed E-state index contributed by atoms with van der Waals surface area (Å²) < 4.78 is 33.2. The average Bonchev–Trinajstić information content (AvgIpc) is 3.34. The molecule has 0 bridgehead atoms. The van der Waals surface area contributed by atoms with Crippen molar-refractivity contribution in [2.45, 2.75) is 18.3 Å². The highest BCUT2D eigenvalue weighted by molar-refractivity contribution is 5.93. The van der Waals surface area contributed by atoms with Crippen LogP contribution in [0, 0.1) is 11.6 Å². The number of guanidine groups is 1. The zero-order valence-electron chi connectivity index (χ0n) is 13.4. The summed E-state index contributed by atoms with van der Waals surface area (Å²) in [6.45, 7) is 0.235. The number of para-hydroxylation sites is 2. The van der Waals surface area contributed by atoms with Crippen LogP contribution in [0.2, 0.25) is 0 Å². The van der Waals surface area contributed by atoms with Crippen LogP contribution in [-0.2, 0) is 5.41 Å². The molecule has 3 rings (SSSR count). The number of ether oxygens (including phenoxy) is 1. The van der Waals surface area contributed by atoms with Gasteiger partial charge in [-0.05, 0) is 37.1 Å². The van der Waals surface area contributed by atoms with Crippen LogP contribution in [0.1, 0.15) is 18.4 Å². The lowest BCUT2D eigenvalue weighted by atomic mass is 9.95. The summed E-state index contributed by atoms with van der Waals surface area (Å²) in [6, 6.07) is 11.2. The van der Waals surface area contributed by atoms with Gasteiger partial charge in [-0.3, -0.25) is 4.99 Å². The second-order valence-corrected chi connectivity index (χ2v) is 5.90. The van der Waals surface area contributed by atoms with Gasteiger partial charge in [0, 0.05) is 11.0 Å². The molecule has 1 aliphatic rings. The molecule has 0 atom stereocenters. The molecule has 1 fully saturated rings. The van der Waals surface area contributed by atoms with Crippen LogP contribution < -0.4 is 15.8 Å². The van der Waals surface area contributed by atoms with E-state index in [9.17, 15) is 8.78 Å². The van der Waals surface area contributed by atoms with Crippen molar-refractivity contribution < 1.29 is 13.5 Å². The maximum atomic E-state index is 14.0. The summed E-state index contributed by atoms with van der Waals surface area (Å²) in [5.74, 6) is -0.239. The number of nitrogens with one attached hydrogen (secondary N) is 1. The normalized spacial score (nSPS) is 15.9. The molecule has 0 aliphatic heterocycles. The first kappa shape index (κ1) is 16.2. The standard InChI is InChI=1S/C18H19F2N3O/c1-24-15-8-3-2-7-14(15)23-17(21)22-11-18(9-10-18)16-12(19)5-4-6-13(16)20/h2-8H,9-11H2,1H3,(H3,21,22,23). The van der Waals surface area contributed by atoms with Crippen molar-refractivity contribution >= 4 is 11.6 Å². The lowest BCUT2D eigenvalue weighted by molar-refractivity contribution is 0.417. The Morgan fingerprint density at radius 1 is 1.17 bits per heavy atom. The topological polar surface area (TPSA) is 59.6 Å². The molecular weight excluding hydrogens is 312 g/mol. The molecule has 3 N–H and O–H groups in total. The number of halogens is 2. The molecule has 2 aromatic rings. The van der Waals surface area contributed by atoms with Crippen LogP contribution in [0.4, 0.5) is 14.5 Å². The van der Waals surface area contributed by atoms with Gasteiger partial charge in [-0.2, -0.15) is 0 Å². The maximum absolute atomic E-state index is 14.0. The van der Waals surface area contributed by atoms with Gasteiger partial charge in [-0.25, -0.2) is 8.78 Å². The fourth-order valence-electron chi connectivity index (χ4n) is 2.80. The van der Waals surface area contributed by atoms with E-state index in [2.05, 4.69) is 10.3 Å². The van der Waals surface area contributed by atoms with Crippen LogP contribution in [0.15, 0.2) is 47.5 Å². The molecule has 0 amide bonds. The Morgan fingerprint density at radius 3 is 2.46 bits per heavy atom. The van der Waals surface area contributed by atoms with Gasteiger partial charge in [0.15, 0.2) is 5.96 Å². The Balaban J connectivity index is 1.75. The number of hydrogen-bond acceptors (Lipinski definition) is 2. The number of nitrogens with zero attached hydrogens (tertiary/aromatic N) is 1. The van der Waals surface area contributed by atoms with Crippen molar-refractivity contribution in [3.05, 3.63) is 59.7 Å². The van der Waals surface area contributed by atoms with Crippen LogP contribution in [0.5, 0.6) is 5.75 Å². The maximum Gasteiger partial charge on any atom is 0.193 e. The van der Waals surface area contributed by atoms with Crippen molar-refractivity contribution in [2.75, 3.05) is 19.0 Å². The first-order valence-corrected chi connectivity index (χ1v) is 7.70. The van der Waals surface area contributed by atoms with E-state index < -0.39 is 17.0 Å². The zero-order valence-corrected chi connectivity index (χ0v) is 13.4. The average molecular weight is 331 g/mol. The molecule has 0 spiro atoms. The van der Waals surface area contributed by atoms with Crippen molar-refractivity contribution in [2.24, 2.45) is 10.7 Å². The van der Waals surface area contributed by atoms with E-state index in [0.29, 0.717) is 24.3 Å². The van der Waals surface area contributed by atoms with E-state index in [0.717, 1.165) is 0 Å². The largest absolute Gasteiger partial charge is 0.495 e. The number of rotatable bonds is 5. The highest BCUT2D eigenvalue weighted by atomic mass is 19.1. The smallest absolute Gasteiger partial charge is 0.193 e. The number of hydrogen-bond donors (Lipinski definition) is 2. The first-order chi connectivity index (χ1) is 11.6. The van der Waals surface area contributed by atoms with E-state index in [1.54, 1.807) is 13.2 Å². The number of benzene rings is 2. The quantitative estimate of drug-likeness (QED) is 0.652. The molecule has 0 radical (unpaired) electrons. The molecule has 126 valence electrons. The van der Waals surface area contributed by atoms with E-state index in [1.165, 1.54) is 18.2 Å². The second-order valence-electron chi connectivity index (χ2n) is 5.90. The molecule has 1 saturated carbocycles. The Bertz CT molecular complexity index is 752. The molecule has 24 heavy (non-hydrogen) atoms. The third-order valence-corrected chi connectivity index (χ3v) is 4.27. The number of nitrogens with two attached hydrogens (primary N) is 1. The van der Waals surface area contributed by atoms with Crippen LogP contribution >= 0.6 is 0 Å². The number of aliphatic imine (C=N–C) groups is 1. The SMILES string of the molecule is COc1ccccc1NC(N)=NCC1(c2c(F)cccc2F)CC1. The zero-order chi connectivity index (χ0) is 17.2. The van der Waals surface area contributed by atoms with Gasteiger partial charge >= 0.3 is 0 Å². The van der Waals surface area contributed by atoms with Gasteiger partial charge in [0.05, 0.1) is 19.3 Å². The molecular formula is C18H19F2N3O. The monoisotopic (exact) mass is 331 g/mol. The summed E-state index contributed by atoms with van der Waals surface area (Å²) in [7, 11) is 1.56. The van der Waals surface area contributed by atoms with Gasteiger partial charge in [-0.1, -0.05) is 18.2 Å². The fourth-order valence-corrected chi connectivity index (χ4v) is 2.80. The highest BCUT2D eigenvalue weighted by Gasteiger charge is 2.47. The van der Waals surface area contributed by atoms with Gasteiger partial charge < -0.3 is 15.8 Å². The summed E-state index contributed by atoms with van der Waals surface area (Å²) in [5, 5.41) is 2.96. The first-order valence-electron chi connectivity index (χ1n) is 7.70. The minimum absolute atomic E-state index is 0.110. The second kappa shape index (κ2) is 6.47. The third-order valence-electron chi connectivity index (χ3n) is 4.27. The molecule has 0 unspecified atom stereocenters. The summed E-state index contributed by atoms with van der Waals surface area (Å²) in [5.41, 5.74) is 6.11. The molecule has 2 aromatic carbocycles. The van der Waals surface area contributed by atoms with E-state index >= 15 is 0 Å². The Morgan fingerprint density at radius 2 is 1.83 bits per heavy atom. The van der Waals surface area contributed by atoms with Gasteiger partial charge in [0.1, 0.15) is 17.4 Å². The Hall–Kier alpha value is -2.63. The lowest BCUT2D eigenvalue weighted by Crippen LogP contribution is -2.25. The van der Waals surface area contributed by atoms with Gasteiger partial charge in [-0.15, -0.1) is 0 Å². The van der Waals surface area contributed by atoms with Crippen molar-refractivity contribution in [3.63, 3.8) is 0 Å². The van der Waals surface area contributed by atoms with Crippen molar-refractivity contribution in [1.29, 1.82) is 0 Å². The van der Waals surface area contributed by atoms with Crippen molar-refractivity contribution in [1.82, 2.24) is 0 Å². The van der Waals surface area contributed by atoms with Crippen LogP contribution in [-0.4, -0.2) is 19.6 Å². The van der Waals surface area contributed by atoms with Gasteiger partial charge in [0.25, 0.3) is 0 Å². The number of anilines is 1. The summed E-state index contributed by atoms with van der Waals surface area (Å²) in [4.78, 5) is 4.28. The molecule has 6 heteroatoms. The van der Waals surface area contributed by atoms with Gasteiger partial charge in [0.2, 0.25) is 0 Å². The predicted octanol–water partition coefficient (Wildman–Crippen LogP) is 3.43. The Labute approximate surface area is 139 Å².